The molecule has 0 amide bonds. The summed E-state index contributed by atoms with van der Waals surface area (Å²) in [6, 6.07) is 45.4. The normalized spacial score (nSPS) is 11.9. The summed E-state index contributed by atoms with van der Waals surface area (Å²) < 4.78 is 0. The fourth-order valence-electron chi connectivity index (χ4n) is 5.96. The van der Waals surface area contributed by atoms with Crippen molar-refractivity contribution in [2.75, 3.05) is 0 Å². The van der Waals surface area contributed by atoms with E-state index in [1.165, 1.54) is 64.6 Å². The SMILES string of the molecule is c1cc2ccc3ccc4ccc5cccc6c(c1)c2c3c4c56.c1ccc2nc3ccccc3cc2c1. The Morgan fingerprint density at radius 3 is 1.17 bits per heavy atom. The van der Waals surface area contributed by atoms with Gasteiger partial charge in [-0.05, 0) is 72.1 Å². The van der Waals surface area contributed by atoms with E-state index < -0.39 is 0 Å². The molecule has 0 bridgehead atoms. The van der Waals surface area contributed by atoms with E-state index in [4.69, 9.17) is 0 Å². The molecule has 1 aromatic heterocycles. The van der Waals surface area contributed by atoms with Crippen molar-refractivity contribution in [1.29, 1.82) is 0 Å². The molecule has 0 unspecified atom stereocenters. The lowest BCUT2D eigenvalue weighted by atomic mass is 9.86. The lowest BCUT2D eigenvalue weighted by Gasteiger charge is -2.17. The minimum absolute atomic E-state index is 1.06. The van der Waals surface area contributed by atoms with Crippen molar-refractivity contribution in [3.8, 4) is 0 Å². The summed E-state index contributed by atoms with van der Waals surface area (Å²) in [5, 5.41) is 16.2. The van der Waals surface area contributed by atoms with Gasteiger partial charge in [-0.2, -0.15) is 0 Å². The van der Waals surface area contributed by atoms with E-state index in [1.807, 2.05) is 36.4 Å². The minimum atomic E-state index is 1.06. The van der Waals surface area contributed by atoms with Crippen molar-refractivity contribution < 1.29 is 0 Å². The van der Waals surface area contributed by atoms with E-state index in [9.17, 15) is 0 Å². The minimum Gasteiger partial charge on any atom is -0.248 e. The van der Waals surface area contributed by atoms with Crippen LogP contribution in [0.2, 0.25) is 0 Å². The molecular formula is C35H21N. The molecule has 0 spiro atoms. The first-order chi connectivity index (χ1) is 17.8. The number of hydrogen-bond donors (Lipinski definition) is 0. The molecule has 1 nitrogen and oxygen atoms in total. The van der Waals surface area contributed by atoms with Crippen LogP contribution in [0.4, 0.5) is 0 Å². The van der Waals surface area contributed by atoms with Crippen LogP contribution < -0.4 is 0 Å². The number of rotatable bonds is 0. The van der Waals surface area contributed by atoms with E-state index in [1.54, 1.807) is 0 Å². The Labute approximate surface area is 207 Å². The van der Waals surface area contributed by atoms with Crippen LogP contribution in [0.25, 0.3) is 75.7 Å². The zero-order valence-electron chi connectivity index (χ0n) is 19.6. The molecule has 0 aliphatic carbocycles. The summed E-state index contributed by atoms with van der Waals surface area (Å²) in [6.07, 6.45) is 0. The average Bonchev–Trinajstić information content (AvgIpc) is 2.95. The summed E-state index contributed by atoms with van der Waals surface area (Å²) >= 11 is 0. The Kier molecular flexibility index (Phi) is 4.00. The second kappa shape index (κ2) is 7.37. The van der Waals surface area contributed by atoms with Gasteiger partial charge in [0.2, 0.25) is 0 Å². The number of para-hydroxylation sites is 2. The predicted octanol–water partition coefficient (Wildman–Crippen LogP) is 9.72. The van der Waals surface area contributed by atoms with Gasteiger partial charge >= 0.3 is 0 Å². The molecule has 1 heterocycles. The number of nitrogens with zero attached hydrogens (tertiary/aromatic N) is 1. The molecule has 8 aromatic carbocycles. The van der Waals surface area contributed by atoms with Crippen LogP contribution in [0.1, 0.15) is 0 Å². The lowest BCUT2D eigenvalue weighted by molar-refractivity contribution is 1.50. The van der Waals surface area contributed by atoms with Gasteiger partial charge in [-0.3, -0.25) is 0 Å². The third-order valence-electron chi connectivity index (χ3n) is 7.56. The van der Waals surface area contributed by atoms with Gasteiger partial charge < -0.3 is 0 Å². The van der Waals surface area contributed by atoms with Crippen LogP contribution in [0.3, 0.4) is 0 Å². The molecule has 0 saturated carbocycles. The van der Waals surface area contributed by atoms with Crippen molar-refractivity contribution in [2.24, 2.45) is 0 Å². The molecule has 0 saturated heterocycles. The van der Waals surface area contributed by atoms with Gasteiger partial charge in [-0.1, -0.05) is 109 Å². The van der Waals surface area contributed by atoms with Crippen LogP contribution in [0, 0.1) is 0 Å². The molecule has 0 atom stereocenters. The number of aromatic nitrogens is 1. The summed E-state index contributed by atoms with van der Waals surface area (Å²) in [7, 11) is 0. The fourth-order valence-corrected chi connectivity index (χ4v) is 5.96. The Morgan fingerprint density at radius 1 is 0.306 bits per heavy atom. The lowest BCUT2D eigenvalue weighted by Crippen LogP contribution is -1.89. The van der Waals surface area contributed by atoms with Crippen LogP contribution in [-0.2, 0) is 0 Å². The van der Waals surface area contributed by atoms with E-state index >= 15 is 0 Å². The molecule has 9 rings (SSSR count). The molecule has 0 radical (unpaired) electrons. The number of pyridine rings is 1. The Bertz CT molecular complexity index is 1990. The molecule has 0 N–H and O–H groups in total. The molecule has 36 heavy (non-hydrogen) atoms. The molecule has 166 valence electrons. The number of benzene rings is 8. The molecule has 0 aliphatic rings. The van der Waals surface area contributed by atoms with Crippen LogP contribution in [-0.4, -0.2) is 4.98 Å². The molecule has 9 aromatic rings. The largest absolute Gasteiger partial charge is 0.248 e. The van der Waals surface area contributed by atoms with Crippen molar-refractivity contribution >= 4 is 75.7 Å². The van der Waals surface area contributed by atoms with Gasteiger partial charge in [0, 0.05) is 10.8 Å². The maximum absolute atomic E-state index is 4.58. The smallest absolute Gasteiger partial charge is 0.0709 e. The predicted molar refractivity (Wildman–Crippen MR) is 156 cm³/mol. The van der Waals surface area contributed by atoms with Crippen molar-refractivity contribution in [2.45, 2.75) is 0 Å². The Hall–Kier alpha value is -4.75. The van der Waals surface area contributed by atoms with Gasteiger partial charge in [0.1, 0.15) is 0 Å². The Morgan fingerprint density at radius 2 is 0.694 bits per heavy atom. The van der Waals surface area contributed by atoms with Gasteiger partial charge in [0.25, 0.3) is 0 Å². The highest BCUT2D eigenvalue weighted by Crippen LogP contribution is 2.44. The van der Waals surface area contributed by atoms with Gasteiger partial charge in [-0.25, -0.2) is 4.98 Å². The maximum Gasteiger partial charge on any atom is 0.0709 e. The molecule has 0 aliphatic heterocycles. The molecule has 1 heteroatoms. The van der Waals surface area contributed by atoms with Crippen LogP contribution in [0.15, 0.2) is 127 Å². The van der Waals surface area contributed by atoms with E-state index in [2.05, 4.69) is 96.0 Å². The first-order valence-corrected chi connectivity index (χ1v) is 12.4. The number of fused-ring (bicyclic) bond motifs is 3. The molecule has 0 fully saturated rings. The monoisotopic (exact) mass is 455 g/mol. The first kappa shape index (κ1) is 19.5. The quantitative estimate of drug-likeness (QED) is 0.164. The highest BCUT2D eigenvalue weighted by Gasteiger charge is 2.15. The second-order valence-electron chi connectivity index (χ2n) is 9.57. The Balaban J connectivity index is 0.000000127. The van der Waals surface area contributed by atoms with E-state index in [0.29, 0.717) is 0 Å². The molecular weight excluding hydrogens is 434 g/mol. The third kappa shape index (κ3) is 2.74. The zero-order chi connectivity index (χ0) is 23.6. The van der Waals surface area contributed by atoms with Crippen molar-refractivity contribution in [3.05, 3.63) is 127 Å². The van der Waals surface area contributed by atoms with Crippen LogP contribution >= 0.6 is 0 Å². The fraction of sp³-hybridized carbons (Fsp3) is 0. The summed E-state index contributed by atoms with van der Waals surface area (Å²) in [4.78, 5) is 4.58. The van der Waals surface area contributed by atoms with Crippen molar-refractivity contribution in [3.63, 3.8) is 0 Å². The number of hydrogen-bond acceptors (Lipinski definition) is 1. The van der Waals surface area contributed by atoms with Gasteiger partial charge in [0.05, 0.1) is 11.0 Å². The van der Waals surface area contributed by atoms with Gasteiger partial charge in [0.15, 0.2) is 0 Å². The van der Waals surface area contributed by atoms with Crippen molar-refractivity contribution in [1.82, 2.24) is 4.98 Å². The third-order valence-corrected chi connectivity index (χ3v) is 7.56. The average molecular weight is 456 g/mol. The second-order valence-corrected chi connectivity index (χ2v) is 9.57. The van der Waals surface area contributed by atoms with Gasteiger partial charge in [-0.15, -0.1) is 0 Å². The highest BCUT2D eigenvalue weighted by molar-refractivity contribution is 6.39. The summed E-state index contributed by atoms with van der Waals surface area (Å²) in [5.74, 6) is 0. The summed E-state index contributed by atoms with van der Waals surface area (Å²) in [6.45, 7) is 0. The highest BCUT2D eigenvalue weighted by atomic mass is 14.7. The van der Waals surface area contributed by atoms with Crippen LogP contribution in [0.5, 0.6) is 0 Å². The van der Waals surface area contributed by atoms with E-state index in [0.717, 1.165) is 11.0 Å². The zero-order valence-corrected chi connectivity index (χ0v) is 19.6. The topological polar surface area (TPSA) is 12.9 Å². The maximum atomic E-state index is 4.58. The standard InChI is InChI=1S/C22H12.C13H9N/c1-3-13-7-9-15-11-12-16-10-8-14-4-2-6-18-17(5-1)19(13)21(15)22(16)20(14)18;1-3-7-12-10(5-1)9-11-6-2-4-8-13(11)14-12/h1-12H;1-9H. The first-order valence-electron chi connectivity index (χ1n) is 12.4. The van der Waals surface area contributed by atoms with E-state index in [-0.39, 0.29) is 0 Å². The summed E-state index contributed by atoms with van der Waals surface area (Å²) in [5.41, 5.74) is 2.12.